The van der Waals surface area contributed by atoms with Gasteiger partial charge in [0.05, 0.1) is 29.0 Å². The smallest absolute Gasteiger partial charge is 0.343 e. The van der Waals surface area contributed by atoms with E-state index in [4.69, 9.17) is 9.72 Å². The highest BCUT2D eigenvalue weighted by Crippen LogP contribution is 2.39. The molecule has 2 aliphatic rings. The fourth-order valence-corrected chi connectivity index (χ4v) is 5.28. The summed E-state index contributed by atoms with van der Waals surface area (Å²) in [5, 5.41) is 22.6. The molecule has 2 aromatic heterocycles. The largest absolute Gasteiger partial charge is 0.508 e. The Balaban J connectivity index is 1.49. The number of nitrogens with zero attached hydrogens (tertiary/aromatic N) is 3. The van der Waals surface area contributed by atoms with Crippen LogP contribution in [0.25, 0.3) is 22.3 Å². The molecule has 2 N–H and O–H groups in total. The van der Waals surface area contributed by atoms with E-state index < -0.39 is 11.6 Å². The number of carbonyl (C=O) groups is 1. The first-order chi connectivity index (χ1) is 17.3. The number of para-hydroxylation sites is 1. The maximum Gasteiger partial charge on any atom is 0.343 e. The van der Waals surface area contributed by atoms with Gasteiger partial charge in [0.25, 0.3) is 5.56 Å². The zero-order valence-corrected chi connectivity index (χ0v) is 20.0. The number of phenolic OH excluding ortho intramolecular Hbond substituents is 1. The molecule has 0 aliphatic carbocycles. The molecule has 0 unspecified atom stereocenters. The molecule has 4 aromatic rings. The predicted octanol–water partition coefficient (Wildman–Crippen LogP) is 3.42. The number of aliphatic hydroxyl groups is 1. The first-order valence-electron chi connectivity index (χ1n) is 11.9. The Labute approximate surface area is 207 Å². The highest BCUT2D eigenvalue weighted by Gasteiger charge is 2.45. The van der Waals surface area contributed by atoms with Gasteiger partial charge in [-0.15, -0.1) is 0 Å². The number of rotatable bonds is 4. The number of aromatic nitrogens is 2. The Morgan fingerprint density at radius 1 is 1.14 bits per heavy atom. The Hall–Kier alpha value is -4.17. The van der Waals surface area contributed by atoms with Gasteiger partial charge in [0.1, 0.15) is 12.4 Å². The normalized spacial score (nSPS) is 17.9. The SMILES string of the molecule is CC[C@@]1(O)C(=O)OCc2c1cc1n(c2=O)Cc2cc3c(CN(C)c4ccccc4)c(O)ccc3nc2-1. The van der Waals surface area contributed by atoms with E-state index >= 15 is 0 Å². The number of hydrogen-bond acceptors (Lipinski definition) is 7. The van der Waals surface area contributed by atoms with Gasteiger partial charge in [-0.2, -0.15) is 0 Å². The Bertz CT molecular complexity index is 1610. The molecule has 0 saturated heterocycles. The average molecular weight is 484 g/mol. The highest BCUT2D eigenvalue weighted by atomic mass is 16.6. The minimum atomic E-state index is -1.86. The van der Waals surface area contributed by atoms with Crippen LogP contribution in [-0.4, -0.2) is 32.8 Å². The van der Waals surface area contributed by atoms with Crippen molar-refractivity contribution in [2.24, 2.45) is 0 Å². The second kappa shape index (κ2) is 7.93. The second-order valence-electron chi connectivity index (χ2n) is 9.42. The zero-order chi connectivity index (χ0) is 25.2. The fourth-order valence-electron chi connectivity index (χ4n) is 5.28. The standard InChI is InChI=1S/C28H25N3O5/c1-3-28(35)21-12-23-25-16(13-31(23)26(33)20(21)15-36-27(28)34)11-18-19(24(32)10-9-22(18)29-25)14-30(2)17-7-5-4-6-8-17/h4-12,32,35H,3,13-15H2,1-2H3/t28-/m0/s1. The molecule has 2 aromatic carbocycles. The Morgan fingerprint density at radius 3 is 2.67 bits per heavy atom. The van der Waals surface area contributed by atoms with Gasteiger partial charge in [-0.1, -0.05) is 25.1 Å². The lowest BCUT2D eigenvalue weighted by Crippen LogP contribution is -2.44. The molecule has 0 spiro atoms. The van der Waals surface area contributed by atoms with Gasteiger partial charge in [-0.05, 0) is 42.8 Å². The molecule has 1 atom stereocenters. The van der Waals surface area contributed by atoms with Crippen molar-refractivity contribution in [2.75, 3.05) is 11.9 Å². The van der Waals surface area contributed by atoms with E-state index in [0.717, 1.165) is 22.2 Å². The van der Waals surface area contributed by atoms with Crippen molar-refractivity contribution >= 4 is 22.6 Å². The van der Waals surface area contributed by atoms with E-state index in [9.17, 15) is 19.8 Å². The van der Waals surface area contributed by atoms with Crippen molar-refractivity contribution in [3.05, 3.63) is 87.2 Å². The quantitative estimate of drug-likeness (QED) is 0.378. The van der Waals surface area contributed by atoms with Crippen molar-refractivity contribution in [1.29, 1.82) is 0 Å². The topological polar surface area (TPSA) is 105 Å². The van der Waals surface area contributed by atoms with E-state index in [0.29, 0.717) is 41.1 Å². The van der Waals surface area contributed by atoms with Crippen LogP contribution >= 0.6 is 0 Å². The summed E-state index contributed by atoms with van der Waals surface area (Å²) in [4.78, 5) is 32.7. The highest BCUT2D eigenvalue weighted by molar-refractivity contribution is 5.89. The summed E-state index contributed by atoms with van der Waals surface area (Å²) >= 11 is 0. The number of anilines is 1. The van der Waals surface area contributed by atoms with E-state index in [1.807, 2.05) is 43.4 Å². The first-order valence-corrected chi connectivity index (χ1v) is 11.9. The van der Waals surface area contributed by atoms with Gasteiger partial charge in [0.15, 0.2) is 5.60 Å². The van der Waals surface area contributed by atoms with Crippen molar-refractivity contribution in [3.63, 3.8) is 0 Å². The van der Waals surface area contributed by atoms with Crippen LogP contribution in [-0.2, 0) is 34.8 Å². The first kappa shape index (κ1) is 22.3. The minimum absolute atomic E-state index is 0.0945. The van der Waals surface area contributed by atoms with Gasteiger partial charge in [-0.25, -0.2) is 9.78 Å². The van der Waals surface area contributed by atoms with Crippen molar-refractivity contribution in [3.8, 4) is 17.1 Å². The fraction of sp³-hybridized carbons (Fsp3) is 0.250. The van der Waals surface area contributed by atoms with Gasteiger partial charge in [-0.3, -0.25) is 4.79 Å². The average Bonchev–Trinajstić information content (AvgIpc) is 3.25. The summed E-state index contributed by atoms with van der Waals surface area (Å²) in [5.74, 6) is -0.562. The molecule has 182 valence electrons. The predicted molar refractivity (Wildman–Crippen MR) is 135 cm³/mol. The minimum Gasteiger partial charge on any atom is -0.508 e. The van der Waals surface area contributed by atoms with Crippen LogP contribution in [0.15, 0.2) is 59.4 Å². The number of esters is 1. The number of carbonyl (C=O) groups excluding carboxylic acids is 1. The third-order valence-electron chi connectivity index (χ3n) is 7.37. The summed E-state index contributed by atoms with van der Waals surface area (Å²) < 4.78 is 6.75. The summed E-state index contributed by atoms with van der Waals surface area (Å²) in [6.45, 7) is 2.30. The number of aromatic hydroxyl groups is 1. The molecule has 36 heavy (non-hydrogen) atoms. The van der Waals surface area contributed by atoms with Gasteiger partial charge >= 0.3 is 5.97 Å². The molecule has 0 fully saturated rings. The van der Waals surface area contributed by atoms with Crippen LogP contribution in [0.5, 0.6) is 5.75 Å². The van der Waals surface area contributed by atoms with Gasteiger partial charge in [0, 0.05) is 41.4 Å². The summed E-state index contributed by atoms with van der Waals surface area (Å²) in [5.41, 5.74) is 2.92. The lowest BCUT2D eigenvalue weighted by Gasteiger charge is -2.31. The number of ether oxygens (including phenoxy) is 1. The monoisotopic (exact) mass is 483 g/mol. The molecule has 0 saturated carbocycles. The molecule has 6 rings (SSSR count). The van der Waals surface area contributed by atoms with E-state index in [1.54, 1.807) is 29.7 Å². The number of pyridine rings is 2. The van der Waals surface area contributed by atoms with E-state index in [2.05, 4.69) is 4.90 Å². The zero-order valence-electron chi connectivity index (χ0n) is 20.0. The van der Waals surface area contributed by atoms with E-state index in [-0.39, 0.29) is 24.3 Å². The molecular weight excluding hydrogens is 458 g/mol. The molecule has 0 amide bonds. The van der Waals surface area contributed by atoms with Crippen molar-refractivity contribution < 1.29 is 19.7 Å². The summed E-state index contributed by atoms with van der Waals surface area (Å²) in [7, 11) is 1.96. The second-order valence-corrected chi connectivity index (χ2v) is 9.42. The number of cyclic esters (lactones) is 1. The van der Waals surface area contributed by atoms with Crippen LogP contribution < -0.4 is 10.5 Å². The third kappa shape index (κ3) is 3.14. The number of phenols is 1. The van der Waals surface area contributed by atoms with Gasteiger partial charge in [0.2, 0.25) is 0 Å². The van der Waals surface area contributed by atoms with Crippen molar-refractivity contribution in [1.82, 2.24) is 9.55 Å². The lowest BCUT2D eigenvalue weighted by molar-refractivity contribution is -0.172. The number of fused-ring (bicyclic) bond motifs is 5. The molecule has 0 radical (unpaired) electrons. The number of benzene rings is 2. The van der Waals surface area contributed by atoms with Crippen LogP contribution in [0, 0.1) is 0 Å². The van der Waals surface area contributed by atoms with Crippen LogP contribution in [0.2, 0.25) is 0 Å². The summed E-state index contributed by atoms with van der Waals surface area (Å²) in [6.07, 6.45) is 0.0945. The van der Waals surface area contributed by atoms with Crippen LogP contribution in [0.3, 0.4) is 0 Å². The molecular formula is C28H25N3O5. The molecule has 2 aliphatic heterocycles. The molecule has 8 nitrogen and oxygen atoms in total. The van der Waals surface area contributed by atoms with Gasteiger partial charge < -0.3 is 24.4 Å². The maximum absolute atomic E-state index is 13.4. The summed E-state index contributed by atoms with van der Waals surface area (Å²) in [6, 6.07) is 17.0. The Kier molecular flexibility index (Phi) is 4.91. The van der Waals surface area contributed by atoms with Crippen molar-refractivity contribution in [2.45, 2.75) is 38.6 Å². The van der Waals surface area contributed by atoms with Crippen LogP contribution in [0.4, 0.5) is 5.69 Å². The van der Waals surface area contributed by atoms with Crippen LogP contribution in [0.1, 0.15) is 35.6 Å². The molecule has 0 bridgehead atoms. The molecule has 8 heteroatoms. The maximum atomic E-state index is 13.4. The molecule has 4 heterocycles. The Morgan fingerprint density at radius 2 is 1.92 bits per heavy atom. The number of hydrogen-bond donors (Lipinski definition) is 2. The van der Waals surface area contributed by atoms with E-state index in [1.165, 1.54) is 0 Å². The lowest BCUT2D eigenvalue weighted by atomic mass is 9.86. The third-order valence-corrected chi connectivity index (χ3v) is 7.37.